The van der Waals surface area contributed by atoms with E-state index in [0.717, 1.165) is 12.8 Å². The van der Waals surface area contributed by atoms with Crippen molar-refractivity contribution in [2.24, 2.45) is 0 Å². The van der Waals surface area contributed by atoms with Crippen molar-refractivity contribution < 1.29 is 19.3 Å². The smallest absolute Gasteiger partial charge is 0.184 e. The van der Waals surface area contributed by atoms with Crippen LogP contribution in [0.5, 0.6) is 0 Å². The molecule has 4 heteroatoms. The highest BCUT2D eigenvalue weighted by molar-refractivity contribution is 4.76. The van der Waals surface area contributed by atoms with Crippen LogP contribution >= 0.6 is 0 Å². The summed E-state index contributed by atoms with van der Waals surface area (Å²) in [5, 5.41) is 9.02. The van der Waals surface area contributed by atoms with Crippen molar-refractivity contribution in [1.29, 1.82) is 0 Å². The predicted molar refractivity (Wildman–Crippen MR) is 61.2 cm³/mol. The fourth-order valence-corrected chi connectivity index (χ4v) is 1.81. The van der Waals surface area contributed by atoms with E-state index in [9.17, 15) is 0 Å². The maximum absolute atomic E-state index is 9.02. The second kappa shape index (κ2) is 6.55. The Kier molecular flexibility index (Phi) is 5.69. The van der Waals surface area contributed by atoms with E-state index in [1.807, 2.05) is 27.7 Å². The Morgan fingerprint density at radius 3 is 2.06 bits per heavy atom. The molecule has 1 heterocycles. The lowest BCUT2D eigenvalue weighted by molar-refractivity contribution is -0.232. The van der Waals surface area contributed by atoms with Crippen molar-refractivity contribution in [3.05, 3.63) is 0 Å². The van der Waals surface area contributed by atoms with Crippen LogP contribution in [0.15, 0.2) is 0 Å². The Bertz CT molecular complexity index is 183. The molecule has 1 N–H and O–H groups in total. The predicted octanol–water partition coefficient (Wildman–Crippen LogP) is 1.70. The van der Waals surface area contributed by atoms with E-state index in [1.165, 1.54) is 0 Å². The molecule has 0 saturated carbocycles. The van der Waals surface area contributed by atoms with Gasteiger partial charge >= 0.3 is 0 Å². The van der Waals surface area contributed by atoms with Gasteiger partial charge in [-0.1, -0.05) is 0 Å². The third kappa shape index (κ3) is 4.37. The second-order valence-electron chi connectivity index (χ2n) is 4.79. The van der Waals surface area contributed by atoms with Gasteiger partial charge < -0.3 is 19.3 Å². The van der Waals surface area contributed by atoms with Crippen LogP contribution in [0.25, 0.3) is 0 Å². The molecule has 0 radical (unpaired) electrons. The standard InChI is InChI=1S/C12H24O4/c1-8(2)14-12(15-9(3)4)11-6-5-10(7-13)16-11/h8-13H,5-7H2,1-4H3. The van der Waals surface area contributed by atoms with Crippen LogP contribution in [0.3, 0.4) is 0 Å². The van der Waals surface area contributed by atoms with Crippen LogP contribution in [-0.2, 0) is 14.2 Å². The molecule has 0 amide bonds. The molecule has 0 bridgehead atoms. The van der Waals surface area contributed by atoms with Gasteiger partial charge in [0.1, 0.15) is 6.10 Å². The van der Waals surface area contributed by atoms with Gasteiger partial charge in [-0.2, -0.15) is 0 Å². The van der Waals surface area contributed by atoms with E-state index in [1.54, 1.807) is 0 Å². The number of ether oxygens (including phenoxy) is 3. The topological polar surface area (TPSA) is 47.9 Å². The molecule has 1 rings (SSSR count). The first-order valence-electron chi connectivity index (χ1n) is 6.10. The van der Waals surface area contributed by atoms with E-state index in [4.69, 9.17) is 19.3 Å². The fraction of sp³-hybridized carbons (Fsp3) is 1.00. The molecule has 0 aromatic rings. The van der Waals surface area contributed by atoms with Crippen LogP contribution in [0, 0.1) is 0 Å². The third-order valence-corrected chi connectivity index (χ3v) is 2.46. The monoisotopic (exact) mass is 232 g/mol. The van der Waals surface area contributed by atoms with Gasteiger partial charge in [0.15, 0.2) is 6.29 Å². The van der Waals surface area contributed by atoms with E-state index in [2.05, 4.69) is 0 Å². The molecule has 0 aliphatic carbocycles. The van der Waals surface area contributed by atoms with Crippen LogP contribution in [0.2, 0.25) is 0 Å². The lowest BCUT2D eigenvalue weighted by atomic mass is 10.2. The molecule has 1 aliphatic rings. The molecular weight excluding hydrogens is 208 g/mol. The van der Waals surface area contributed by atoms with Gasteiger partial charge in [0.05, 0.1) is 24.9 Å². The van der Waals surface area contributed by atoms with Crippen LogP contribution in [0.4, 0.5) is 0 Å². The van der Waals surface area contributed by atoms with Gasteiger partial charge in [0.2, 0.25) is 0 Å². The molecule has 4 nitrogen and oxygen atoms in total. The van der Waals surface area contributed by atoms with Crippen LogP contribution in [-0.4, -0.2) is 42.4 Å². The molecule has 1 saturated heterocycles. The first kappa shape index (κ1) is 13.9. The molecule has 1 fully saturated rings. The van der Waals surface area contributed by atoms with Crippen molar-refractivity contribution in [3.63, 3.8) is 0 Å². The molecule has 2 atom stereocenters. The Balaban J connectivity index is 2.48. The van der Waals surface area contributed by atoms with Crippen molar-refractivity contribution in [1.82, 2.24) is 0 Å². The highest BCUT2D eigenvalue weighted by Crippen LogP contribution is 2.25. The minimum Gasteiger partial charge on any atom is -0.394 e. The Morgan fingerprint density at radius 2 is 1.69 bits per heavy atom. The van der Waals surface area contributed by atoms with Crippen LogP contribution in [0.1, 0.15) is 40.5 Å². The molecule has 2 unspecified atom stereocenters. The summed E-state index contributed by atoms with van der Waals surface area (Å²) in [7, 11) is 0. The summed E-state index contributed by atoms with van der Waals surface area (Å²) in [6, 6.07) is 0. The summed E-state index contributed by atoms with van der Waals surface area (Å²) in [5.41, 5.74) is 0. The van der Waals surface area contributed by atoms with Gasteiger partial charge in [-0.3, -0.25) is 0 Å². The summed E-state index contributed by atoms with van der Waals surface area (Å²) < 4.78 is 17.1. The summed E-state index contributed by atoms with van der Waals surface area (Å²) in [6.07, 6.45) is 1.55. The summed E-state index contributed by atoms with van der Waals surface area (Å²) in [4.78, 5) is 0. The second-order valence-corrected chi connectivity index (χ2v) is 4.79. The Morgan fingerprint density at radius 1 is 1.12 bits per heavy atom. The first-order chi connectivity index (χ1) is 7.52. The van der Waals surface area contributed by atoms with Crippen molar-refractivity contribution in [3.8, 4) is 0 Å². The average molecular weight is 232 g/mol. The molecule has 96 valence electrons. The number of aliphatic hydroxyl groups is 1. The summed E-state index contributed by atoms with van der Waals surface area (Å²) >= 11 is 0. The van der Waals surface area contributed by atoms with E-state index < -0.39 is 0 Å². The normalized spacial score (nSPS) is 26.2. The molecule has 1 aliphatic heterocycles. The number of rotatable bonds is 6. The highest BCUT2D eigenvalue weighted by atomic mass is 16.7. The fourth-order valence-electron chi connectivity index (χ4n) is 1.81. The van der Waals surface area contributed by atoms with Crippen molar-refractivity contribution >= 4 is 0 Å². The largest absolute Gasteiger partial charge is 0.394 e. The Labute approximate surface area is 97.9 Å². The van der Waals surface area contributed by atoms with E-state index in [-0.39, 0.29) is 37.3 Å². The molecule has 0 spiro atoms. The molecule has 0 aromatic carbocycles. The zero-order chi connectivity index (χ0) is 12.1. The third-order valence-electron chi connectivity index (χ3n) is 2.46. The average Bonchev–Trinajstić information content (AvgIpc) is 2.63. The zero-order valence-electron chi connectivity index (χ0n) is 10.7. The van der Waals surface area contributed by atoms with Gasteiger partial charge in [-0.05, 0) is 40.5 Å². The lowest BCUT2D eigenvalue weighted by Gasteiger charge is -2.27. The zero-order valence-corrected chi connectivity index (χ0v) is 10.7. The summed E-state index contributed by atoms with van der Waals surface area (Å²) in [5.74, 6) is 0. The number of hydrogen-bond acceptors (Lipinski definition) is 4. The molecule has 16 heavy (non-hydrogen) atoms. The first-order valence-corrected chi connectivity index (χ1v) is 6.10. The van der Waals surface area contributed by atoms with Crippen LogP contribution < -0.4 is 0 Å². The summed E-state index contributed by atoms with van der Waals surface area (Å²) in [6.45, 7) is 8.00. The molecule has 0 aromatic heterocycles. The van der Waals surface area contributed by atoms with E-state index >= 15 is 0 Å². The van der Waals surface area contributed by atoms with E-state index in [0.29, 0.717) is 0 Å². The highest BCUT2D eigenvalue weighted by Gasteiger charge is 2.33. The maximum atomic E-state index is 9.02. The van der Waals surface area contributed by atoms with Crippen molar-refractivity contribution in [2.45, 2.75) is 71.2 Å². The SMILES string of the molecule is CC(C)OC(OC(C)C)C1CCC(CO)O1. The van der Waals surface area contributed by atoms with Gasteiger partial charge in [-0.25, -0.2) is 0 Å². The quantitative estimate of drug-likeness (QED) is 0.708. The number of hydrogen-bond donors (Lipinski definition) is 1. The van der Waals surface area contributed by atoms with Gasteiger partial charge in [-0.15, -0.1) is 0 Å². The van der Waals surface area contributed by atoms with Gasteiger partial charge in [0, 0.05) is 0 Å². The minimum atomic E-state index is -0.323. The maximum Gasteiger partial charge on any atom is 0.184 e. The molecular formula is C12H24O4. The van der Waals surface area contributed by atoms with Gasteiger partial charge in [0.25, 0.3) is 0 Å². The Hall–Kier alpha value is -0.160. The lowest BCUT2D eigenvalue weighted by Crippen LogP contribution is -2.36. The minimum absolute atomic E-state index is 0.0538. The number of aliphatic hydroxyl groups excluding tert-OH is 1. The van der Waals surface area contributed by atoms with Crippen molar-refractivity contribution in [2.75, 3.05) is 6.61 Å².